The van der Waals surface area contributed by atoms with E-state index < -0.39 is 0 Å². The summed E-state index contributed by atoms with van der Waals surface area (Å²) in [4.78, 5) is 4.20. The van der Waals surface area contributed by atoms with E-state index in [1.165, 1.54) is 5.56 Å². The van der Waals surface area contributed by atoms with Gasteiger partial charge in [0, 0.05) is 18.9 Å². The minimum absolute atomic E-state index is 0.261. The van der Waals surface area contributed by atoms with Gasteiger partial charge in [0.15, 0.2) is 12.1 Å². The summed E-state index contributed by atoms with van der Waals surface area (Å²) >= 11 is 0. The predicted octanol–water partition coefficient (Wildman–Crippen LogP) is 2.86. The Hall–Kier alpha value is -1.55. The van der Waals surface area contributed by atoms with Crippen LogP contribution in [0.25, 0.3) is 0 Å². The lowest BCUT2D eigenvalue weighted by Crippen LogP contribution is -2.36. The van der Waals surface area contributed by atoms with Gasteiger partial charge in [-0.05, 0) is 32.9 Å². The van der Waals surface area contributed by atoms with Crippen LogP contribution in [0.15, 0.2) is 29.3 Å². The van der Waals surface area contributed by atoms with Gasteiger partial charge >= 0.3 is 0 Å². The summed E-state index contributed by atoms with van der Waals surface area (Å²) in [5, 5.41) is 3.27. The summed E-state index contributed by atoms with van der Waals surface area (Å²) in [7, 11) is 0. The molecule has 1 aliphatic rings. The smallest absolute Gasteiger partial charge is 0.172 e. The molecule has 0 amide bonds. The van der Waals surface area contributed by atoms with Gasteiger partial charge in [0.1, 0.15) is 12.5 Å². The fourth-order valence-electron chi connectivity index (χ4n) is 1.59. The van der Waals surface area contributed by atoms with E-state index in [1.54, 1.807) is 6.40 Å². The highest BCUT2D eigenvalue weighted by molar-refractivity contribution is 5.48. The number of nitrogens with one attached hydrogen (secondary N) is 1. The fourth-order valence-corrected chi connectivity index (χ4v) is 1.59. The molecule has 0 radical (unpaired) electrons. The summed E-state index contributed by atoms with van der Waals surface area (Å²) in [6.45, 7) is 6.54. The number of rotatable bonds is 7. The van der Waals surface area contributed by atoms with Crippen LogP contribution in [0.5, 0.6) is 5.75 Å². The molecule has 0 unspecified atom stereocenters. The van der Waals surface area contributed by atoms with Gasteiger partial charge in [-0.1, -0.05) is 17.7 Å². The first-order valence-corrected chi connectivity index (χ1v) is 6.74. The Kier molecular flexibility index (Phi) is 4.43. The molecule has 2 rings (SSSR count). The van der Waals surface area contributed by atoms with Crippen molar-refractivity contribution in [2.24, 2.45) is 4.99 Å². The summed E-state index contributed by atoms with van der Waals surface area (Å²) in [5.41, 5.74) is 0.968. The van der Waals surface area contributed by atoms with Crippen molar-refractivity contribution in [2.45, 2.75) is 45.4 Å². The van der Waals surface area contributed by atoms with Crippen molar-refractivity contribution in [1.82, 2.24) is 5.32 Å². The average Bonchev–Trinajstić information content (AvgIpc) is 3.12. The molecule has 0 saturated heterocycles. The highest BCUT2D eigenvalue weighted by Gasteiger charge is 2.44. The molecule has 0 heterocycles. The van der Waals surface area contributed by atoms with Gasteiger partial charge in [0.05, 0.1) is 0 Å². The molecular formula is C15H22N2O2. The second-order valence-corrected chi connectivity index (χ2v) is 5.24. The summed E-state index contributed by atoms with van der Waals surface area (Å²) in [6, 6.07) is 8.27. The Labute approximate surface area is 114 Å². The minimum atomic E-state index is -0.261. The highest BCUT2D eigenvalue weighted by Crippen LogP contribution is 2.35. The van der Waals surface area contributed by atoms with Crippen molar-refractivity contribution in [2.75, 3.05) is 6.73 Å². The van der Waals surface area contributed by atoms with Gasteiger partial charge in [0.2, 0.25) is 0 Å². The van der Waals surface area contributed by atoms with Crippen LogP contribution < -0.4 is 10.1 Å². The van der Waals surface area contributed by atoms with Crippen molar-refractivity contribution >= 4 is 6.40 Å². The van der Waals surface area contributed by atoms with E-state index in [-0.39, 0.29) is 11.8 Å². The molecule has 0 bridgehead atoms. The van der Waals surface area contributed by atoms with Gasteiger partial charge in [-0.2, -0.15) is 0 Å². The topological polar surface area (TPSA) is 42.8 Å². The maximum Gasteiger partial charge on any atom is 0.172 e. The first-order chi connectivity index (χ1) is 9.10. The Bertz CT molecular complexity index is 422. The quantitative estimate of drug-likeness (QED) is 0.467. The van der Waals surface area contributed by atoms with Crippen LogP contribution in [0, 0.1) is 6.92 Å². The first kappa shape index (κ1) is 13.9. The fraction of sp³-hybridized carbons (Fsp3) is 0.533. The van der Waals surface area contributed by atoms with E-state index in [2.05, 4.69) is 17.2 Å². The lowest BCUT2D eigenvalue weighted by molar-refractivity contribution is 0.101. The Morgan fingerprint density at radius 1 is 1.32 bits per heavy atom. The van der Waals surface area contributed by atoms with Crippen LogP contribution in [-0.4, -0.2) is 24.9 Å². The van der Waals surface area contributed by atoms with Gasteiger partial charge in [-0.15, -0.1) is 0 Å². The highest BCUT2D eigenvalue weighted by atomic mass is 16.5. The molecule has 0 spiro atoms. The second kappa shape index (κ2) is 6.06. The molecule has 0 aliphatic heterocycles. The molecular weight excluding hydrogens is 240 g/mol. The van der Waals surface area contributed by atoms with Crippen molar-refractivity contribution < 1.29 is 9.47 Å². The van der Waals surface area contributed by atoms with E-state index in [4.69, 9.17) is 9.47 Å². The van der Waals surface area contributed by atoms with Gasteiger partial charge in [-0.3, -0.25) is 4.99 Å². The Morgan fingerprint density at radius 2 is 2.00 bits per heavy atom. The molecule has 1 N–H and O–H groups in total. The number of benzene rings is 1. The molecule has 1 saturated carbocycles. The predicted molar refractivity (Wildman–Crippen MR) is 76.5 cm³/mol. The number of aryl methyl sites for hydroxylation is 1. The maximum absolute atomic E-state index is 5.63. The molecule has 1 aromatic rings. The van der Waals surface area contributed by atoms with E-state index in [9.17, 15) is 0 Å². The monoisotopic (exact) mass is 262 g/mol. The lowest BCUT2D eigenvalue weighted by atomic mass is 10.2. The van der Waals surface area contributed by atoms with Gasteiger partial charge in [-0.25, -0.2) is 5.32 Å². The molecule has 4 nitrogen and oxygen atoms in total. The molecule has 4 heteroatoms. The molecule has 1 fully saturated rings. The van der Waals surface area contributed by atoms with E-state index in [0.29, 0.717) is 6.73 Å². The number of hydrogen-bond donors (Lipinski definition) is 1. The van der Waals surface area contributed by atoms with Crippen LogP contribution >= 0.6 is 0 Å². The van der Waals surface area contributed by atoms with E-state index in [0.717, 1.165) is 18.6 Å². The third-order valence-corrected chi connectivity index (χ3v) is 3.00. The largest absolute Gasteiger partial charge is 0.478 e. The summed E-state index contributed by atoms with van der Waals surface area (Å²) in [6.07, 6.45) is 3.54. The zero-order valence-electron chi connectivity index (χ0n) is 11.8. The molecule has 1 aliphatic carbocycles. The molecule has 1 aromatic carbocycles. The van der Waals surface area contributed by atoms with Crippen LogP contribution in [0.4, 0.5) is 0 Å². The van der Waals surface area contributed by atoms with Crippen molar-refractivity contribution in [3.05, 3.63) is 29.8 Å². The maximum atomic E-state index is 5.63. The van der Waals surface area contributed by atoms with Gasteiger partial charge in [0.25, 0.3) is 0 Å². The van der Waals surface area contributed by atoms with Crippen LogP contribution in [0.2, 0.25) is 0 Å². The third-order valence-electron chi connectivity index (χ3n) is 3.00. The first-order valence-electron chi connectivity index (χ1n) is 6.74. The van der Waals surface area contributed by atoms with Crippen molar-refractivity contribution in [3.8, 4) is 5.75 Å². The van der Waals surface area contributed by atoms with Gasteiger partial charge < -0.3 is 9.47 Å². The summed E-state index contributed by atoms with van der Waals surface area (Å²) in [5.74, 6) is 0.866. The molecule has 19 heavy (non-hydrogen) atoms. The molecule has 0 atom stereocenters. The number of hydrogen-bond acceptors (Lipinski definition) is 4. The van der Waals surface area contributed by atoms with E-state index >= 15 is 0 Å². The second-order valence-electron chi connectivity index (χ2n) is 5.24. The molecule has 0 aromatic heterocycles. The minimum Gasteiger partial charge on any atom is -0.478 e. The normalized spacial score (nSPS) is 16.8. The Balaban J connectivity index is 1.72. The van der Waals surface area contributed by atoms with Crippen LogP contribution in [-0.2, 0) is 4.74 Å². The number of aliphatic imine (C=N–C) groups is 1. The SMILES string of the molecule is Cc1ccc(OCNC2(OC=NC(C)C)CC2)cc1. The average molecular weight is 262 g/mol. The van der Waals surface area contributed by atoms with Crippen LogP contribution in [0.1, 0.15) is 32.3 Å². The number of ether oxygens (including phenoxy) is 2. The van der Waals surface area contributed by atoms with E-state index in [1.807, 2.05) is 38.1 Å². The standard InChI is InChI=1S/C15H22N2O2/c1-12(2)16-10-19-15(8-9-15)17-11-18-14-6-4-13(3)5-7-14/h4-7,10,12,17H,8-9,11H2,1-3H3. The number of nitrogens with zero attached hydrogens (tertiary/aromatic N) is 1. The lowest BCUT2D eigenvalue weighted by Gasteiger charge is -2.17. The zero-order chi connectivity index (χ0) is 13.7. The van der Waals surface area contributed by atoms with Crippen molar-refractivity contribution in [3.63, 3.8) is 0 Å². The zero-order valence-corrected chi connectivity index (χ0v) is 11.8. The van der Waals surface area contributed by atoms with Crippen LogP contribution in [0.3, 0.4) is 0 Å². The Morgan fingerprint density at radius 3 is 2.58 bits per heavy atom. The summed E-state index contributed by atoms with van der Waals surface area (Å²) < 4.78 is 11.3. The molecule has 104 valence electrons. The van der Waals surface area contributed by atoms with Crippen molar-refractivity contribution in [1.29, 1.82) is 0 Å². The third kappa shape index (κ3) is 4.56.